The van der Waals surface area contributed by atoms with Crippen LogP contribution in [0.4, 0.5) is 23.7 Å². The van der Waals surface area contributed by atoms with Gasteiger partial charge in [0, 0.05) is 11.3 Å². The van der Waals surface area contributed by atoms with Crippen LogP contribution in [0.5, 0.6) is 0 Å². The second kappa shape index (κ2) is 7.25. The van der Waals surface area contributed by atoms with Crippen molar-refractivity contribution in [3.63, 3.8) is 0 Å². The Kier molecular flexibility index (Phi) is 5.31. The van der Waals surface area contributed by atoms with E-state index < -0.39 is 29.7 Å². The quantitative estimate of drug-likeness (QED) is 0.785. The second-order valence-corrected chi connectivity index (χ2v) is 5.38. The number of carbonyl (C=O) groups is 2. The van der Waals surface area contributed by atoms with Crippen LogP contribution in [0.15, 0.2) is 48.5 Å². The molecule has 2 rings (SSSR count). The zero-order chi connectivity index (χ0) is 18.6. The minimum Gasteiger partial charge on any atom is -0.366 e. The van der Waals surface area contributed by atoms with E-state index in [2.05, 4.69) is 10.6 Å². The average molecular weight is 351 g/mol. The molecule has 0 heterocycles. The number of hydrogen-bond acceptors (Lipinski definition) is 2. The van der Waals surface area contributed by atoms with Crippen LogP contribution in [0.25, 0.3) is 0 Å². The number of halogens is 3. The number of rotatable bonds is 4. The number of anilines is 1. The number of carbonyl (C=O) groups excluding carboxylic acids is 2. The molecule has 0 saturated heterocycles. The summed E-state index contributed by atoms with van der Waals surface area (Å²) in [6, 6.07) is 9.53. The van der Waals surface area contributed by atoms with Crippen molar-refractivity contribution in [2.24, 2.45) is 5.73 Å². The van der Waals surface area contributed by atoms with E-state index in [9.17, 15) is 22.8 Å². The molecule has 3 amide bonds. The van der Waals surface area contributed by atoms with Gasteiger partial charge in [-0.05, 0) is 42.8 Å². The van der Waals surface area contributed by atoms with Gasteiger partial charge in [-0.3, -0.25) is 4.79 Å². The monoisotopic (exact) mass is 351 g/mol. The molecule has 0 radical (unpaired) electrons. The number of benzene rings is 2. The summed E-state index contributed by atoms with van der Waals surface area (Å²) in [4.78, 5) is 23.1. The minimum absolute atomic E-state index is 0.244. The van der Waals surface area contributed by atoms with Gasteiger partial charge in [-0.15, -0.1) is 0 Å². The summed E-state index contributed by atoms with van der Waals surface area (Å²) in [5.74, 6) is -0.623. The highest BCUT2D eigenvalue weighted by Crippen LogP contribution is 2.29. The zero-order valence-corrected chi connectivity index (χ0v) is 13.2. The number of hydrogen-bond donors (Lipinski definition) is 3. The summed E-state index contributed by atoms with van der Waals surface area (Å²) in [7, 11) is 0. The Hall–Kier alpha value is -3.03. The van der Waals surface area contributed by atoms with Crippen molar-refractivity contribution in [1.82, 2.24) is 5.32 Å². The lowest BCUT2D eigenvalue weighted by atomic mass is 10.1. The molecule has 0 aliphatic carbocycles. The second-order valence-electron chi connectivity index (χ2n) is 5.38. The first-order chi connectivity index (χ1) is 11.7. The van der Waals surface area contributed by atoms with Crippen molar-refractivity contribution in [3.8, 4) is 0 Å². The lowest BCUT2D eigenvalue weighted by Crippen LogP contribution is -2.31. The molecule has 0 unspecified atom stereocenters. The van der Waals surface area contributed by atoms with E-state index in [-0.39, 0.29) is 5.56 Å². The van der Waals surface area contributed by atoms with E-state index in [1.165, 1.54) is 24.3 Å². The maximum absolute atomic E-state index is 12.5. The van der Waals surface area contributed by atoms with Crippen molar-refractivity contribution in [3.05, 3.63) is 65.2 Å². The van der Waals surface area contributed by atoms with Crippen molar-refractivity contribution in [2.45, 2.75) is 19.1 Å². The SMILES string of the molecule is C[C@@H](NC(=O)Nc1cccc(C(N)=O)c1)c1ccc(C(F)(F)F)cc1. The normalized spacial score (nSPS) is 12.3. The van der Waals surface area contributed by atoms with Gasteiger partial charge >= 0.3 is 12.2 Å². The lowest BCUT2D eigenvalue weighted by Gasteiger charge is -2.16. The van der Waals surface area contributed by atoms with E-state index in [4.69, 9.17) is 5.73 Å². The Morgan fingerprint density at radius 2 is 1.72 bits per heavy atom. The predicted octanol–water partition coefficient (Wildman–Crippen LogP) is 3.69. The first-order valence-electron chi connectivity index (χ1n) is 7.31. The predicted molar refractivity (Wildman–Crippen MR) is 87.0 cm³/mol. The number of alkyl halides is 3. The summed E-state index contributed by atoms with van der Waals surface area (Å²) in [5.41, 5.74) is 5.55. The highest BCUT2D eigenvalue weighted by Gasteiger charge is 2.30. The molecule has 2 aromatic carbocycles. The van der Waals surface area contributed by atoms with Gasteiger partial charge in [0.05, 0.1) is 11.6 Å². The van der Waals surface area contributed by atoms with E-state index in [1.54, 1.807) is 19.1 Å². The highest BCUT2D eigenvalue weighted by atomic mass is 19.4. The van der Waals surface area contributed by atoms with Gasteiger partial charge in [0.25, 0.3) is 0 Å². The fourth-order valence-corrected chi connectivity index (χ4v) is 2.16. The number of primary amides is 1. The molecule has 0 saturated carbocycles. The van der Waals surface area contributed by atoms with Crippen molar-refractivity contribution in [2.75, 3.05) is 5.32 Å². The molecule has 4 N–H and O–H groups in total. The van der Waals surface area contributed by atoms with Crippen molar-refractivity contribution < 1.29 is 22.8 Å². The Balaban J connectivity index is 2.00. The zero-order valence-electron chi connectivity index (χ0n) is 13.2. The van der Waals surface area contributed by atoms with Gasteiger partial charge in [0.2, 0.25) is 5.91 Å². The molecule has 2 aromatic rings. The molecule has 25 heavy (non-hydrogen) atoms. The molecule has 0 fully saturated rings. The van der Waals surface area contributed by atoms with E-state index in [0.29, 0.717) is 11.3 Å². The fraction of sp³-hybridized carbons (Fsp3) is 0.176. The van der Waals surface area contributed by atoms with Crippen LogP contribution >= 0.6 is 0 Å². The molecular weight excluding hydrogens is 335 g/mol. The molecule has 132 valence electrons. The molecular formula is C17H16F3N3O2. The molecule has 8 heteroatoms. The number of nitrogens with one attached hydrogen (secondary N) is 2. The lowest BCUT2D eigenvalue weighted by molar-refractivity contribution is -0.137. The number of urea groups is 1. The standard InChI is InChI=1S/C17H16F3N3O2/c1-10(11-5-7-13(8-6-11)17(18,19)20)22-16(25)23-14-4-2-3-12(9-14)15(21)24/h2-10H,1H3,(H2,21,24)(H2,22,23,25)/t10-/m1/s1. The van der Waals surface area contributed by atoms with Crippen LogP contribution in [0.1, 0.15) is 34.5 Å². The molecule has 0 aliphatic heterocycles. The number of amides is 3. The maximum Gasteiger partial charge on any atom is 0.416 e. The minimum atomic E-state index is -4.40. The van der Waals surface area contributed by atoms with Crippen LogP contribution in [0, 0.1) is 0 Å². The Bertz CT molecular complexity index is 773. The summed E-state index contributed by atoms with van der Waals surface area (Å²) < 4.78 is 37.6. The van der Waals surface area contributed by atoms with Gasteiger partial charge in [-0.25, -0.2) is 4.79 Å². The summed E-state index contributed by atoms with van der Waals surface area (Å²) in [6.07, 6.45) is -4.40. The Labute approximate surface area is 142 Å². The van der Waals surface area contributed by atoms with E-state index in [1.807, 2.05) is 0 Å². The largest absolute Gasteiger partial charge is 0.416 e. The van der Waals surface area contributed by atoms with E-state index in [0.717, 1.165) is 12.1 Å². The topological polar surface area (TPSA) is 84.2 Å². The van der Waals surface area contributed by atoms with Gasteiger partial charge < -0.3 is 16.4 Å². The molecule has 0 spiro atoms. The summed E-state index contributed by atoms with van der Waals surface area (Å²) >= 11 is 0. The third kappa shape index (κ3) is 4.97. The third-order valence-corrected chi connectivity index (χ3v) is 3.49. The smallest absolute Gasteiger partial charge is 0.366 e. The number of nitrogens with two attached hydrogens (primary N) is 1. The van der Waals surface area contributed by atoms with Crippen LogP contribution < -0.4 is 16.4 Å². The van der Waals surface area contributed by atoms with Gasteiger partial charge in [-0.2, -0.15) is 13.2 Å². The molecule has 0 bridgehead atoms. The van der Waals surface area contributed by atoms with Crippen LogP contribution in [0.2, 0.25) is 0 Å². The van der Waals surface area contributed by atoms with Crippen LogP contribution in [0.3, 0.4) is 0 Å². The maximum atomic E-state index is 12.5. The third-order valence-electron chi connectivity index (χ3n) is 3.49. The Morgan fingerprint density at radius 1 is 1.08 bits per heavy atom. The van der Waals surface area contributed by atoms with E-state index >= 15 is 0 Å². The molecule has 0 aliphatic rings. The molecule has 0 aromatic heterocycles. The van der Waals surface area contributed by atoms with Crippen LogP contribution in [-0.4, -0.2) is 11.9 Å². The van der Waals surface area contributed by atoms with Crippen molar-refractivity contribution >= 4 is 17.6 Å². The molecule has 5 nitrogen and oxygen atoms in total. The van der Waals surface area contributed by atoms with Gasteiger partial charge in [0.15, 0.2) is 0 Å². The molecule has 1 atom stereocenters. The van der Waals surface area contributed by atoms with Crippen LogP contribution in [-0.2, 0) is 6.18 Å². The first kappa shape index (κ1) is 18.3. The summed E-state index contributed by atoms with van der Waals surface area (Å²) in [5, 5.41) is 5.14. The fourth-order valence-electron chi connectivity index (χ4n) is 2.16. The summed E-state index contributed by atoms with van der Waals surface area (Å²) in [6.45, 7) is 1.64. The van der Waals surface area contributed by atoms with Gasteiger partial charge in [0.1, 0.15) is 0 Å². The first-order valence-corrected chi connectivity index (χ1v) is 7.31. The average Bonchev–Trinajstić information content (AvgIpc) is 2.54. The Morgan fingerprint density at radius 3 is 2.28 bits per heavy atom. The van der Waals surface area contributed by atoms with Gasteiger partial charge in [-0.1, -0.05) is 18.2 Å². The highest BCUT2D eigenvalue weighted by molar-refractivity contribution is 5.95. The van der Waals surface area contributed by atoms with Crippen molar-refractivity contribution in [1.29, 1.82) is 0 Å².